The number of aliphatic hydroxyl groups is 1. The summed E-state index contributed by atoms with van der Waals surface area (Å²) in [6, 6.07) is 3.64. The van der Waals surface area contributed by atoms with Crippen LogP contribution < -0.4 is 5.32 Å². The number of hydrogen-bond donors (Lipinski definition) is 2. The molecule has 1 amide bonds. The summed E-state index contributed by atoms with van der Waals surface area (Å²) in [5.74, 6) is -1.17. The van der Waals surface area contributed by atoms with Crippen molar-refractivity contribution in [2.45, 2.75) is 19.4 Å². The van der Waals surface area contributed by atoms with Gasteiger partial charge >= 0.3 is 0 Å². The number of amides is 1. The maximum Gasteiger partial charge on any atom is 0.255 e. The van der Waals surface area contributed by atoms with E-state index in [-0.39, 0.29) is 10.7 Å². The van der Waals surface area contributed by atoms with Crippen molar-refractivity contribution in [2.24, 2.45) is 0 Å². The van der Waals surface area contributed by atoms with E-state index in [4.69, 9.17) is 11.6 Å². The lowest BCUT2D eigenvalue weighted by Gasteiger charge is -2.16. The first-order valence-corrected chi connectivity index (χ1v) is 4.67. The van der Waals surface area contributed by atoms with Gasteiger partial charge in [0.05, 0.1) is 0 Å². The van der Waals surface area contributed by atoms with Gasteiger partial charge in [-0.1, -0.05) is 11.6 Å². The van der Waals surface area contributed by atoms with Crippen LogP contribution in [0.15, 0.2) is 18.2 Å². The molecule has 0 unspecified atom stereocenters. The molecule has 0 aliphatic carbocycles. The highest BCUT2D eigenvalue weighted by Gasteiger charge is 2.23. The third kappa shape index (κ3) is 3.49. The van der Waals surface area contributed by atoms with Gasteiger partial charge in [-0.15, -0.1) is 0 Å². The predicted octanol–water partition coefficient (Wildman–Crippen LogP) is 2.19. The summed E-state index contributed by atoms with van der Waals surface area (Å²) in [5, 5.41) is 11.9. The fourth-order valence-electron chi connectivity index (χ4n) is 0.910. The summed E-state index contributed by atoms with van der Waals surface area (Å²) in [6.07, 6.45) is 0. The van der Waals surface area contributed by atoms with E-state index < -0.39 is 17.3 Å². The van der Waals surface area contributed by atoms with E-state index in [0.29, 0.717) is 0 Å². The summed E-state index contributed by atoms with van der Waals surface area (Å²) in [4.78, 5) is 11.3. The summed E-state index contributed by atoms with van der Waals surface area (Å²) >= 11 is 5.59. The molecule has 2 N–H and O–H groups in total. The van der Waals surface area contributed by atoms with Crippen molar-refractivity contribution in [3.05, 3.63) is 29.0 Å². The molecule has 0 aromatic heterocycles. The minimum Gasteiger partial charge on any atom is -0.381 e. The molecule has 0 atom stereocenters. The third-order valence-electron chi connectivity index (χ3n) is 1.68. The molecule has 82 valence electrons. The Morgan fingerprint density at radius 1 is 1.47 bits per heavy atom. The highest BCUT2D eigenvalue weighted by molar-refractivity contribution is 6.30. The Morgan fingerprint density at radius 2 is 2.07 bits per heavy atom. The zero-order valence-corrected chi connectivity index (χ0v) is 9.10. The first-order chi connectivity index (χ1) is 6.79. The molecule has 15 heavy (non-hydrogen) atoms. The van der Waals surface area contributed by atoms with Gasteiger partial charge in [0.1, 0.15) is 11.4 Å². The van der Waals surface area contributed by atoms with Crippen LogP contribution in [0.2, 0.25) is 5.02 Å². The van der Waals surface area contributed by atoms with Crippen molar-refractivity contribution >= 4 is 23.2 Å². The average Bonchev–Trinajstić information content (AvgIpc) is 1.99. The number of carbonyl (C=O) groups excluding carboxylic acids is 1. The molecule has 1 aromatic carbocycles. The van der Waals surface area contributed by atoms with Gasteiger partial charge in [0.2, 0.25) is 0 Å². The van der Waals surface area contributed by atoms with Gasteiger partial charge in [-0.2, -0.15) is 0 Å². The van der Waals surface area contributed by atoms with Crippen LogP contribution in [0.1, 0.15) is 13.8 Å². The van der Waals surface area contributed by atoms with Crippen molar-refractivity contribution in [3.63, 3.8) is 0 Å². The van der Waals surface area contributed by atoms with Crippen molar-refractivity contribution in [1.29, 1.82) is 0 Å². The largest absolute Gasteiger partial charge is 0.381 e. The Morgan fingerprint density at radius 3 is 2.53 bits per heavy atom. The standard InChI is InChI=1S/C10H11ClFNO2/c1-10(2,15)9(14)13-8-4-6(11)3-7(12)5-8/h3-5,15H,1-2H3,(H,13,14). The van der Waals surface area contributed by atoms with Crippen molar-refractivity contribution in [2.75, 3.05) is 5.32 Å². The SMILES string of the molecule is CC(C)(O)C(=O)Nc1cc(F)cc(Cl)c1. The average molecular weight is 232 g/mol. The molecule has 3 nitrogen and oxygen atoms in total. The van der Waals surface area contributed by atoms with Crippen LogP contribution in [0.5, 0.6) is 0 Å². The van der Waals surface area contributed by atoms with Crippen LogP contribution in [-0.2, 0) is 4.79 Å². The molecular weight excluding hydrogens is 221 g/mol. The first kappa shape index (κ1) is 11.9. The molecule has 0 saturated carbocycles. The molecular formula is C10H11ClFNO2. The van der Waals surface area contributed by atoms with Gasteiger partial charge in [-0.3, -0.25) is 4.79 Å². The first-order valence-electron chi connectivity index (χ1n) is 4.29. The van der Waals surface area contributed by atoms with E-state index in [9.17, 15) is 14.3 Å². The van der Waals surface area contributed by atoms with Crippen LogP contribution in [-0.4, -0.2) is 16.6 Å². The van der Waals surface area contributed by atoms with E-state index in [1.165, 1.54) is 19.9 Å². The fraction of sp³-hybridized carbons (Fsp3) is 0.300. The van der Waals surface area contributed by atoms with Gasteiger partial charge in [-0.05, 0) is 32.0 Å². The van der Waals surface area contributed by atoms with Gasteiger partial charge < -0.3 is 10.4 Å². The Balaban J connectivity index is 2.86. The summed E-state index contributed by atoms with van der Waals surface area (Å²) in [5.41, 5.74) is -1.30. The van der Waals surface area contributed by atoms with E-state index in [0.717, 1.165) is 12.1 Å². The molecule has 1 aromatic rings. The van der Waals surface area contributed by atoms with Crippen LogP contribution in [0.25, 0.3) is 0 Å². The minimum absolute atomic E-state index is 0.182. The number of anilines is 1. The Bertz CT molecular complexity index is 367. The van der Waals surface area contributed by atoms with Crippen LogP contribution >= 0.6 is 11.6 Å². The van der Waals surface area contributed by atoms with E-state index >= 15 is 0 Å². The second-order valence-electron chi connectivity index (χ2n) is 3.67. The molecule has 0 saturated heterocycles. The highest BCUT2D eigenvalue weighted by atomic mass is 35.5. The second-order valence-corrected chi connectivity index (χ2v) is 4.11. The maximum atomic E-state index is 12.9. The minimum atomic E-state index is -1.52. The molecule has 0 heterocycles. The number of nitrogens with one attached hydrogen (secondary N) is 1. The zero-order chi connectivity index (χ0) is 11.6. The van der Waals surface area contributed by atoms with E-state index in [1.807, 2.05) is 0 Å². The molecule has 0 aliphatic heterocycles. The lowest BCUT2D eigenvalue weighted by Crippen LogP contribution is -2.36. The maximum absolute atomic E-state index is 12.9. The number of carbonyl (C=O) groups is 1. The van der Waals surface area contributed by atoms with Crippen LogP contribution in [0, 0.1) is 5.82 Å². The van der Waals surface area contributed by atoms with Crippen LogP contribution in [0.3, 0.4) is 0 Å². The molecule has 0 fully saturated rings. The summed E-state index contributed by atoms with van der Waals surface area (Å²) < 4.78 is 12.9. The summed E-state index contributed by atoms with van der Waals surface area (Å²) in [6.45, 7) is 2.67. The van der Waals surface area contributed by atoms with Crippen LogP contribution in [0.4, 0.5) is 10.1 Å². The number of halogens is 2. The molecule has 0 spiro atoms. The molecule has 0 bridgehead atoms. The lowest BCUT2D eigenvalue weighted by atomic mass is 10.1. The van der Waals surface area contributed by atoms with Gasteiger partial charge in [0.25, 0.3) is 5.91 Å². The number of benzene rings is 1. The number of hydrogen-bond acceptors (Lipinski definition) is 2. The third-order valence-corrected chi connectivity index (χ3v) is 1.89. The van der Waals surface area contributed by atoms with Crippen molar-refractivity contribution in [3.8, 4) is 0 Å². The van der Waals surface area contributed by atoms with Gasteiger partial charge in [0.15, 0.2) is 0 Å². The van der Waals surface area contributed by atoms with E-state index in [2.05, 4.69) is 5.32 Å². The van der Waals surface area contributed by atoms with Gasteiger partial charge in [0, 0.05) is 10.7 Å². The van der Waals surface area contributed by atoms with E-state index in [1.54, 1.807) is 0 Å². The smallest absolute Gasteiger partial charge is 0.255 e. The Kier molecular flexibility index (Phi) is 3.31. The normalized spacial score (nSPS) is 11.3. The molecule has 0 radical (unpaired) electrons. The Hall–Kier alpha value is -1.13. The zero-order valence-electron chi connectivity index (χ0n) is 8.34. The topological polar surface area (TPSA) is 49.3 Å². The van der Waals surface area contributed by atoms with Crippen molar-refractivity contribution in [1.82, 2.24) is 0 Å². The Labute approximate surface area is 91.9 Å². The quantitative estimate of drug-likeness (QED) is 0.820. The van der Waals surface area contributed by atoms with Crippen molar-refractivity contribution < 1.29 is 14.3 Å². The lowest BCUT2D eigenvalue weighted by molar-refractivity contribution is -0.130. The monoisotopic (exact) mass is 231 g/mol. The second kappa shape index (κ2) is 4.16. The van der Waals surface area contributed by atoms with Gasteiger partial charge in [-0.25, -0.2) is 4.39 Å². The summed E-state index contributed by atoms with van der Waals surface area (Å²) in [7, 11) is 0. The molecule has 1 rings (SSSR count). The molecule has 0 aliphatic rings. The predicted molar refractivity (Wildman–Crippen MR) is 56.3 cm³/mol. The number of rotatable bonds is 2. The highest BCUT2D eigenvalue weighted by Crippen LogP contribution is 2.19. The fourth-order valence-corrected chi connectivity index (χ4v) is 1.13. The molecule has 5 heteroatoms.